The zero-order valence-electron chi connectivity index (χ0n) is 14.6. The van der Waals surface area contributed by atoms with E-state index in [1.807, 2.05) is 25.3 Å². The summed E-state index contributed by atoms with van der Waals surface area (Å²) in [5, 5.41) is 6.54. The van der Waals surface area contributed by atoms with Gasteiger partial charge in [-0.2, -0.15) is 0 Å². The van der Waals surface area contributed by atoms with Crippen LogP contribution in [-0.4, -0.2) is 43.9 Å². The first kappa shape index (κ1) is 19.2. The van der Waals surface area contributed by atoms with Gasteiger partial charge >= 0.3 is 0 Å². The van der Waals surface area contributed by atoms with E-state index in [0.29, 0.717) is 19.0 Å². The molecule has 0 fully saturated rings. The highest BCUT2D eigenvalue weighted by Crippen LogP contribution is 2.08. The van der Waals surface area contributed by atoms with Crippen LogP contribution < -0.4 is 15.4 Å². The number of aromatic nitrogens is 1. The molecule has 0 aliphatic carbocycles. The van der Waals surface area contributed by atoms with Crippen molar-refractivity contribution in [2.24, 2.45) is 4.99 Å². The molecule has 0 bridgehead atoms. The molecule has 0 spiro atoms. The number of rotatable bonds is 11. The molecule has 0 saturated heterocycles. The molecule has 6 nitrogen and oxygen atoms in total. The van der Waals surface area contributed by atoms with E-state index >= 15 is 0 Å². The Morgan fingerprint density at radius 1 is 1.17 bits per heavy atom. The molecule has 0 aromatic carbocycles. The number of nitrogens with zero attached hydrogens (tertiary/aromatic N) is 2. The standard InChI is InChI=1S/C17H30N4O2/c1-4-11-23-16-9-8-15(13-20-16)14-21-17(18-5-2)19-10-7-12-22-6-3/h8-9,13H,4-7,10-12,14H2,1-3H3,(H2,18,19,21). The van der Waals surface area contributed by atoms with Crippen molar-refractivity contribution in [2.75, 3.05) is 32.9 Å². The first-order valence-corrected chi connectivity index (χ1v) is 8.47. The molecule has 0 saturated carbocycles. The van der Waals surface area contributed by atoms with Crippen molar-refractivity contribution in [3.8, 4) is 5.88 Å². The van der Waals surface area contributed by atoms with Gasteiger partial charge in [-0.05, 0) is 32.3 Å². The van der Waals surface area contributed by atoms with Gasteiger partial charge in [-0.25, -0.2) is 9.98 Å². The van der Waals surface area contributed by atoms with E-state index in [4.69, 9.17) is 9.47 Å². The molecule has 2 N–H and O–H groups in total. The molecule has 0 atom stereocenters. The number of hydrogen-bond donors (Lipinski definition) is 2. The third-order valence-electron chi connectivity index (χ3n) is 2.98. The van der Waals surface area contributed by atoms with Crippen LogP contribution in [0, 0.1) is 0 Å². The van der Waals surface area contributed by atoms with Gasteiger partial charge in [0.05, 0.1) is 13.2 Å². The van der Waals surface area contributed by atoms with Crippen LogP contribution in [0.3, 0.4) is 0 Å². The molecular weight excluding hydrogens is 292 g/mol. The van der Waals surface area contributed by atoms with Crippen LogP contribution in [0.15, 0.2) is 23.3 Å². The highest BCUT2D eigenvalue weighted by molar-refractivity contribution is 5.79. The quantitative estimate of drug-likeness (QED) is 0.372. The number of guanidine groups is 1. The summed E-state index contributed by atoms with van der Waals surface area (Å²) in [6.45, 7) is 10.6. The average molecular weight is 322 g/mol. The molecule has 1 heterocycles. The van der Waals surface area contributed by atoms with Crippen LogP contribution in [0.2, 0.25) is 0 Å². The number of hydrogen-bond acceptors (Lipinski definition) is 4. The van der Waals surface area contributed by atoms with Crippen molar-refractivity contribution in [1.29, 1.82) is 0 Å². The van der Waals surface area contributed by atoms with E-state index in [0.717, 1.165) is 50.7 Å². The number of nitrogens with one attached hydrogen (secondary N) is 2. The van der Waals surface area contributed by atoms with Crippen molar-refractivity contribution in [1.82, 2.24) is 15.6 Å². The first-order chi connectivity index (χ1) is 11.3. The van der Waals surface area contributed by atoms with Gasteiger partial charge in [-0.1, -0.05) is 13.0 Å². The molecule has 0 unspecified atom stereocenters. The van der Waals surface area contributed by atoms with E-state index in [1.165, 1.54) is 0 Å². The molecule has 0 aliphatic heterocycles. The van der Waals surface area contributed by atoms with Gasteiger partial charge in [0, 0.05) is 38.6 Å². The molecule has 1 rings (SSSR count). The van der Waals surface area contributed by atoms with Crippen molar-refractivity contribution < 1.29 is 9.47 Å². The van der Waals surface area contributed by atoms with Crippen molar-refractivity contribution in [2.45, 2.75) is 40.2 Å². The molecule has 23 heavy (non-hydrogen) atoms. The minimum absolute atomic E-state index is 0.585. The van der Waals surface area contributed by atoms with E-state index in [9.17, 15) is 0 Å². The van der Waals surface area contributed by atoms with Crippen LogP contribution >= 0.6 is 0 Å². The predicted molar refractivity (Wildman–Crippen MR) is 94.0 cm³/mol. The fourth-order valence-electron chi connectivity index (χ4n) is 1.83. The Hall–Kier alpha value is -1.82. The Labute approximate surface area is 139 Å². The summed E-state index contributed by atoms with van der Waals surface area (Å²) in [7, 11) is 0. The fraction of sp³-hybridized carbons (Fsp3) is 0.647. The lowest BCUT2D eigenvalue weighted by molar-refractivity contribution is 0.145. The minimum Gasteiger partial charge on any atom is -0.478 e. The van der Waals surface area contributed by atoms with Crippen molar-refractivity contribution in [3.63, 3.8) is 0 Å². The van der Waals surface area contributed by atoms with Crippen LogP contribution in [0.25, 0.3) is 0 Å². The second kappa shape index (κ2) is 12.7. The van der Waals surface area contributed by atoms with E-state index in [-0.39, 0.29) is 0 Å². The molecule has 0 aliphatic rings. The SMILES string of the molecule is CCCOc1ccc(CN=C(NCC)NCCCOCC)cn1. The lowest BCUT2D eigenvalue weighted by Crippen LogP contribution is -2.38. The molecule has 1 aromatic rings. The number of pyridine rings is 1. The second-order valence-corrected chi connectivity index (χ2v) is 5.03. The van der Waals surface area contributed by atoms with Crippen LogP contribution in [0.1, 0.15) is 39.2 Å². The minimum atomic E-state index is 0.585. The largest absolute Gasteiger partial charge is 0.478 e. The Kier molecular flexibility index (Phi) is 10.6. The van der Waals surface area contributed by atoms with Gasteiger partial charge in [-0.15, -0.1) is 0 Å². The average Bonchev–Trinajstić information content (AvgIpc) is 2.58. The van der Waals surface area contributed by atoms with Gasteiger partial charge in [0.2, 0.25) is 5.88 Å². The van der Waals surface area contributed by atoms with Crippen molar-refractivity contribution >= 4 is 5.96 Å². The van der Waals surface area contributed by atoms with Gasteiger partial charge in [-0.3, -0.25) is 0 Å². The van der Waals surface area contributed by atoms with Gasteiger partial charge in [0.25, 0.3) is 0 Å². The molecular formula is C17H30N4O2. The van der Waals surface area contributed by atoms with E-state index in [2.05, 4.69) is 34.5 Å². The molecule has 6 heteroatoms. The topological polar surface area (TPSA) is 67.8 Å². The maximum absolute atomic E-state index is 5.48. The van der Waals surface area contributed by atoms with Gasteiger partial charge in [0.15, 0.2) is 5.96 Å². The summed E-state index contributed by atoms with van der Waals surface area (Å²) in [6.07, 6.45) is 3.76. The monoisotopic (exact) mass is 322 g/mol. The normalized spacial score (nSPS) is 11.3. The summed E-state index contributed by atoms with van der Waals surface area (Å²) >= 11 is 0. The molecule has 0 amide bonds. The smallest absolute Gasteiger partial charge is 0.213 e. The Morgan fingerprint density at radius 3 is 2.70 bits per heavy atom. The van der Waals surface area contributed by atoms with Gasteiger partial charge < -0.3 is 20.1 Å². The summed E-state index contributed by atoms with van der Waals surface area (Å²) in [4.78, 5) is 8.85. The maximum atomic E-state index is 5.48. The molecule has 1 aromatic heterocycles. The summed E-state index contributed by atoms with van der Waals surface area (Å²) in [6, 6.07) is 3.89. The van der Waals surface area contributed by atoms with Gasteiger partial charge in [0.1, 0.15) is 0 Å². The number of aliphatic imine (C=N–C) groups is 1. The zero-order valence-corrected chi connectivity index (χ0v) is 14.6. The van der Waals surface area contributed by atoms with E-state index < -0.39 is 0 Å². The molecule has 0 radical (unpaired) electrons. The van der Waals surface area contributed by atoms with Crippen LogP contribution in [-0.2, 0) is 11.3 Å². The third kappa shape index (κ3) is 9.03. The Balaban J connectivity index is 2.42. The van der Waals surface area contributed by atoms with Crippen molar-refractivity contribution in [3.05, 3.63) is 23.9 Å². The highest BCUT2D eigenvalue weighted by Gasteiger charge is 1.99. The van der Waals surface area contributed by atoms with E-state index in [1.54, 1.807) is 0 Å². The van der Waals surface area contributed by atoms with Crippen LogP contribution in [0.5, 0.6) is 5.88 Å². The maximum Gasteiger partial charge on any atom is 0.213 e. The first-order valence-electron chi connectivity index (χ1n) is 8.47. The summed E-state index contributed by atoms with van der Waals surface area (Å²) in [5.41, 5.74) is 1.06. The molecule has 130 valence electrons. The fourth-order valence-corrected chi connectivity index (χ4v) is 1.83. The number of ether oxygens (including phenoxy) is 2. The summed E-state index contributed by atoms with van der Waals surface area (Å²) < 4.78 is 10.8. The second-order valence-electron chi connectivity index (χ2n) is 5.03. The zero-order chi connectivity index (χ0) is 16.8. The highest BCUT2D eigenvalue weighted by atomic mass is 16.5. The Morgan fingerprint density at radius 2 is 2.04 bits per heavy atom. The lowest BCUT2D eigenvalue weighted by Gasteiger charge is -2.11. The third-order valence-corrected chi connectivity index (χ3v) is 2.98. The van der Waals surface area contributed by atoms with Crippen LogP contribution in [0.4, 0.5) is 0 Å². The predicted octanol–water partition coefficient (Wildman–Crippen LogP) is 2.35. The lowest BCUT2D eigenvalue weighted by atomic mass is 10.3. The Bertz CT molecular complexity index is 435. The summed E-state index contributed by atoms with van der Waals surface area (Å²) in [5.74, 6) is 1.48.